The predicted octanol–water partition coefficient (Wildman–Crippen LogP) is 2.30. The van der Waals surface area contributed by atoms with Crippen LogP contribution in [0.3, 0.4) is 0 Å². The second-order valence-corrected chi connectivity index (χ2v) is 5.04. The highest BCUT2D eigenvalue weighted by atomic mass is 19.3. The number of hydrogen-bond acceptors (Lipinski definition) is 3. The van der Waals surface area contributed by atoms with Gasteiger partial charge in [0.15, 0.2) is 0 Å². The molecule has 1 fully saturated rings. The predicted molar refractivity (Wildman–Crippen MR) is 75.1 cm³/mol. The molecule has 1 aromatic rings. The van der Waals surface area contributed by atoms with Gasteiger partial charge in [-0.2, -0.15) is 0 Å². The number of nitrogens with one attached hydrogen (secondary N) is 1. The lowest BCUT2D eigenvalue weighted by Crippen LogP contribution is -2.33. The van der Waals surface area contributed by atoms with Crippen molar-refractivity contribution in [2.45, 2.75) is 18.9 Å². The monoisotopic (exact) mass is 284 g/mol. The summed E-state index contributed by atoms with van der Waals surface area (Å²) in [5.41, 5.74) is 1.27. The van der Waals surface area contributed by atoms with E-state index in [9.17, 15) is 8.78 Å². The minimum Gasteiger partial charge on any atom is -0.374 e. The van der Waals surface area contributed by atoms with Crippen LogP contribution in [0.15, 0.2) is 30.3 Å². The van der Waals surface area contributed by atoms with Gasteiger partial charge in [-0.3, -0.25) is 4.90 Å². The smallest absolute Gasteiger partial charge is 0.261 e. The number of rotatable bonds is 6. The second kappa shape index (κ2) is 8.29. The van der Waals surface area contributed by atoms with E-state index in [-0.39, 0.29) is 0 Å². The molecule has 1 heterocycles. The largest absolute Gasteiger partial charge is 0.374 e. The Morgan fingerprint density at radius 1 is 1.30 bits per heavy atom. The van der Waals surface area contributed by atoms with Gasteiger partial charge in [-0.25, -0.2) is 8.78 Å². The Balaban J connectivity index is 1.81. The van der Waals surface area contributed by atoms with Crippen molar-refractivity contribution in [3.63, 3.8) is 0 Å². The van der Waals surface area contributed by atoms with E-state index in [0.717, 1.165) is 26.1 Å². The van der Waals surface area contributed by atoms with Crippen molar-refractivity contribution in [3.8, 4) is 0 Å². The molecular formula is C15H22F2N2O. The maximum atomic E-state index is 12.0. The molecule has 1 saturated heterocycles. The Kier molecular flexibility index (Phi) is 6.36. The van der Waals surface area contributed by atoms with Gasteiger partial charge in [-0.15, -0.1) is 0 Å². The summed E-state index contributed by atoms with van der Waals surface area (Å²) in [6.45, 7) is 3.46. The third-order valence-electron chi connectivity index (χ3n) is 3.48. The summed E-state index contributed by atoms with van der Waals surface area (Å²) in [7, 11) is 0. The van der Waals surface area contributed by atoms with Gasteiger partial charge in [-0.1, -0.05) is 30.3 Å². The fourth-order valence-electron chi connectivity index (χ4n) is 2.47. The van der Waals surface area contributed by atoms with Crippen LogP contribution < -0.4 is 5.32 Å². The summed E-state index contributed by atoms with van der Waals surface area (Å²) in [6.07, 6.45) is -1.31. The molecule has 1 unspecified atom stereocenters. The first kappa shape index (κ1) is 15.4. The highest BCUT2D eigenvalue weighted by molar-refractivity contribution is 5.19. The zero-order valence-electron chi connectivity index (χ0n) is 11.6. The molecule has 20 heavy (non-hydrogen) atoms. The number of alkyl halides is 2. The Labute approximate surface area is 118 Å². The summed E-state index contributed by atoms with van der Waals surface area (Å²) < 4.78 is 29.0. The third-order valence-corrected chi connectivity index (χ3v) is 3.48. The molecule has 1 N–H and O–H groups in total. The maximum absolute atomic E-state index is 12.0. The van der Waals surface area contributed by atoms with Gasteiger partial charge in [0.05, 0.1) is 6.61 Å². The minimum absolute atomic E-state index is 0.300. The molecule has 0 aromatic heterocycles. The molecular weight excluding hydrogens is 262 g/mol. The quantitative estimate of drug-likeness (QED) is 0.811. The highest BCUT2D eigenvalue weighted by Crippen LogP contribution is 2.16. The van der Waals surface area contributed by atoms with Crippen molar-refractivity contribution < 1.29 is 13.5 Å². The van der Waals surface area contributed by atoms with Crippen LogP contribution in [-0.4, -0.2) is 50.7 Å². The van der Waals surface area contributed by atoms with Gasteiger partial charge in [-0.05, 0) is 25.1 Å². The first-order valence-corrected chi connectivity index (χ1v) is 7.12. The standard InChI is InChI=1S/C15H22F2N2O/c16-15(17)12-20-10-9-19-8-4-7-18-14(11-19)13-5-2-1-3-6-13/h1-3,5-6,14-15,18H,4,7-12H2. The van der Waals surface area contributed by atoms with Crippen LogP contribution >= 0.6 is 0 Å². The van der Waals surface area contributed by atoms with E-state index in [1.54, 1.807) is 0 Å². The number of nitrogens with zero attached hydrogens (tertiary/aromatic N) is 1. The van der Waals surface area contributed by atoms with Crippen LogP contribution in [0.1, 0.15) is 18.0 Å². The fraction of sp³-hybridized carbons (Fsp3) is 0.600. The summed E-state index contributed by atoms with van der Waals surface area (Å²) in [4.78, 5) is 2.28. The lowest BCUT2D eigenvalue weighted by atomic mass is 10.1. The average Bonchev–Trinajstić information content (AvgIpc) is 2.70. The third kappa shape index (κ3) is 5.15. The van der Waals surface area contributed by atoms with Crippen molar-refractivity contribution in [1.82, 2.24) is 10.2 Å². The summed E-state index contributed by atoms with van der Waals surface area (Å²) >= 11 is 0. The highest BCUT2D eigenvalue weighted by Gasteiger charge is 2.18. The molecule has 0 radical (unpaired) electrons. The van der Waals surface area contributed by atoms with Crippen molar-refractivity contribution in [2.24, 2.45) is 0 Å². The van der Waals surface area contributed by atoms with Crippen molar-refractivity contribution in [3.05, 3.63) is 35.9 Å². The number of halogens is 2. The van der Waals surface area contributed by atoms with E-state index in [1.807, 2.05) is 18.2 Å². The molecule has 5 heteroatoms. The van der Waals surface area contributed by atoms with E-state index in [4.69, 9.17) is 4.74 Å². The molecule has 3 nitrogen and oxygen atoms in total. The average molecular weight is 284 g/mol. The fourth-order valence-corrected chi connectivity index (χ4v) is 2.47. The van der Waals surface area contributed by atoms with Crippen molar-refractivity contribution in [1.29, 1.82) is 0 Å². The topological polar surface area (TPSA) is 24.5 Å². The molecule has 2 rings (SSSR count). The lowest BCUT2D eigenvalue weighted by Gasteiger charge is -2.24. The summed E-state index contributed by atoms with van der Waals surface area (Å²) in [6, 6.07) is 10.6. The summed E-state index contributed by atoms with van der Waals surface area (Å²) in [5.74, 6) is 0. The van der Waals surface area contributed by atoms with Gasteiger partial charge in [0.1, 0.15) is 6.61 Å². The SMILES string of the molecule is FC(F)COCCN1CCCNC(c2ccccc2)C1. The van der Waals surface area contributed by atoms with Crippen LogP contribution in [0.5, 0.6) is 0 Å². The molecule has 1 atom stereocenters. The van der Waals surface area contributed by atoms with E-state index in [1.165, 1.54) is 5.56 Å². The Hall–Kier alpha value is -1.04. The van der Waals surface area contributed by atoms with Crippen molar-refractivity contribution >= 4 is 0 Å². The minimum atomic E-state index is -2.38. The second-order valence-electron chi connectivity index (χ2n) is 5.04. The van der Waals surface area contributed by atoms with Crippen LogP contribution in [-0.2, 0) is 4.74 Å². The normalized spacial score (nSPS) is 21.1. The molecule has 0 spiro atoms. The molecule has 0 amide bonds. The molecule has 1 aliphatic heterocycles. The van der Waals surface area contributed by atoms with Crippen LogP contribution in [0.2, 0.25) is 0 Å². The zero-order valence-corrected chi connectivity index (χ0v) is 11.6. The van der Waals surface area contributed by atoms with Gasteiger partial charge >= 0.3 is 0 Å². The maximum Gasteiger partial charge on any atom is 0.261 e. The number of benzene rings is 1. The molecule has 0 aliphatic carbocycles. The molecule has 0 saturated carbocycles. The summed E-state index contributed by atoms with van der Waals surface area (Å²) in [5, 5.41) is 3.53. The van der Waals surface area contributed by atoms with E-state index in [2.05, 4.69) is 22.3 Å². The first-order chi connectivity index (χ1) is 9.75. The molecule has 1 aliphatic rings. The number of ether oxygens (including phenoxy) is 1. The van der Waals surface area contributed by atoms with Crippen molar-refractivity contribution in [2.75, 3.05) is 39.4 Å². The number of hydrogen-bond donors (Lipinski definition) is 1. The van der Waals surface area contributed by atoms with Gasteiger partial charge in [0, 0.05) is 19.1 Å². The van der Waals surface area contributed by atoms with Gasteiger partial charge in [0.25, 0.3) is 6.43 Å². The first-order valence-electron chi connectivity index (χ1n) is 7.12. The van der Waals surface area contributed by atoms with E-state index >= 15 is 0 Å². The molecule has 112 valence electrons. The molecule has 1 aromatic carbocycles. The zero-order chi connectivity index (χ0) is 14.2. The van der Waals surface area contributed by atoms with E-state index < -0.39 is 13.0 Å². The van der Waals surface area contributed by atoms with Gasteiger partial charge in [0.2, 0.25) is 0 Å². The Morgan fingerprint density at radius 3 is 2.85 bits per heavy atom. The lowest BCUT2D eigenvalue weighted by molar-refractivity contribution is 0.00966. The van der Waals surface area contributed by atoms with Gasteiger partial charge < -0.3 is 10.1 Å². The van der Waals surface area contributed by atoms with E-state index in [0.29, 0.717) is 19.2 Å². The molecule has 0 bridgehead atoms. The van der Waals surface area contributed by atoms with Crippen LogP contribution in [0, 0.1) is 0 Å². The van der Waals surface area contributed by atoms with Crippen LogP contribution in [0.4, 0.5) is 8.78 Å². The Bertz CT molecular complexity index is 375. The van der Waals surface area contributed by atoms with Crippen LogP contribution in [0.25, 0.3) is 0 Å². The Morgan fingerprint density at radius 2 is 2.10 bits per heavy atom.